The highest BCUT2D eigenvalue weighted by Gasteiger charge is 2.08. The lowest BCUT2D eigenvalue weighted by Gasteiger charge is -2.00. The van der Waals surface area contributed by atoms with Gasteiger partial charge in [0.25, 0.3) is 0 Å². The van der Waals surface area contributed by atoms with Crippen molar-refractivity contribution in [3.05, 3.63) is 54.6 Å². The van der Waals surface area contributed by atoms with Crippen LogP contribution < -0.4 is 5.46 Å². The van der Waals surface area contributed by atoms with E-state index in [4.69, 9.17) is 7.85 Å². The number of nitrogens with one attached hydrogen (secondary N) is 1. The summed E-state index contributed by atoms with van der Waals surface area (Å²) in [6.07, 6.45) is 0. The summed E-state index contributed by atoms with van der Waals surface area (Å²) >= 11 is 0. The summed E-state index contributed by atoms with van der Waals surface area (Å²) in [7, 11) is 6.03. The zero-order chi connectivity index (χ0) is 12.1. The number of aromatic amines is 1. The maximum Gasteiger partial charge on any atom is 0.116 e. The Morgan fingerprint density at radius 3 is 2.56 bits per heavy atom. The first-order chi connectivity index (χ1) is 8.84. The van der Waals surface area contributed by atoms with Gasteiger partial charge < -0.3 is 4.98 Å². The molecule has 4 aromatic rings. The van der Waals surface area contributed by atoms with Crippen molar-refractivity contribution in [1.29, 1.82) is 0 Å². The third-order valence-corrected chi connectivity index (χ3v) is 3.55. The molecule has 0 amide bonds. The van der Waals surface area contributed by atoms with E-state index in [2.05, 4.69) is 47.4 Å². The van der Waals surface area contributed by atoms with Crippen molar-refractivity contribution in [2.75, 3.05) is 0 Å². The fourth-order valence-electron chi connectivity index (χ4n) is 2.72. The summed E-state index contributed by atoms with van der Waals surface area (Å²) in [5.41, 5.74) is 2.97. The van der Waals surface area contributed by atoms with Crippen molar-refractivity contribution < 1.29 is 0 Å². The molecule has 0 saturated carbocycles. The second-order valence-corrected chi connectivity index (χ2v) is 4.60. The third-order valence-electron chi connectivity index (χ3n) is 3.55. The zero-order valence-corrected chi connectivity index (χ0v) is 9.77. The second kappa shape index (κ2) is 3.39. The third kappa shape index (κ3) is 1.18. The van der Waals surface area contributed by atoms with E-state index in [1.165, 1.54) is 21.5 Å². The Morgan fingerprint density at radius 1 is 0.778 bits per heavy atom. The van der Waals surface area contributed by atoms with E-state index in [0.717, 1.165) is 16.5 Å². The Morgan fingerprint density at radius 2 is 1.61 bits per heavy atom. The summed E-state index contributed by atoms with van der Waals surface area (Å²) in [6, 6.07) is 18.8. The van der Waals surface area contributed by atoms with Crippen LogP contribution >= 0.6 is 0 Å². The Labute approximate surface area is 106 Å². The van der Waals surface area contributed by atoms with E-state index >= 15 is 0 Å². The van der Waals surface area contributed by atoms with Gasteiger partial charge in [-0.05, 0) is 16.8 Å². The van der Waals surface area contributed by atoms with Crippen molar-refractivity contribution >= 4 is 45.9 Å². The molecule has 0 atom stereocenters. The molecular weight excluding hydrogens is 217 g/mol. The SMILES string of the molecule is [B]c1cccc2c1[nH]c1ccc3ccccc3c12. The van der Waals surface area contributed by atoms with Gasteiger partial charge in [-0.25, -0.2) is 0 Å². The van der Waals surface area contributed by atoms with Crippen molar-refractivity contribution in [2.24, 2.45) is 0 Å². The molecule has 0 unspecified atom stereocenters. The summed E-state index contributed by atoms with van der Waals surface area (Å²) in [5.74, 6) is 0. The molecule has 1 aromatic heterocycles. The minimum atomic E-state index is 0.799. The molecule has 0 aliphatic heterocycles. The van der Waals surface area contributed by atoms with Gasteiger partial charge in [-0.2, -0.15) is 0 Å². The average Bonchev–Trinajstić information content (AvgIpc) is 2.79. The molecule has 2 heteroatoms. The highest BCUT2D eigenvalue weighted by Crippen LogP contribution is 2.31. The van der Waals surface area contributed by atoms with Gasteiger partial charge in [0.15, 0.2) is 0 Å². The molecule has 1 nitrogen and oxygen atoms in total. The van der Waals surface area contributed by atoms with E-state index < -0.39 is 0 Å². The quantitative estimate of drug-likeness (QED) is 0.444. The number of rotatable bonds is 0. The minimum Gasteiger partial charge on any atom is -0.355 e. The van der Waals surface area contributed by atoms with Crippen molar-refractivity contribution in [2.45, 2.75) is 0 Å². The van der Waals surface area contributed by atoms with Crippen LogP contribution in [0.25, 0.3) is 32.6 Å². The zero-order valence-electron chi connectivity index (χ0n) is 9.77. The number of H-pyrrole nitrogens is 1. The summed E-state index contributed by atoms with van der Waals surface area (Å²) in [6.45, 7) is 0. The first-order valence-corrected chi connectivity index (χ1v) is 6.02. The normalized spacial score (nSPS) is 11.6. The number of hydrogen-bond acceptors (Lipinski definition) is 0. The first-order valence-electron chi connectivity index (χ1n) is 6.02. The van der Waals surface area contributed by atoms with Crippen molar-refractivity contribution in [3.63, 3.8) is 0 Å². The lowest BCUT2D eigenvalue weighted by atomic mass is 9.93. The van der Waals surface area contributed by atoms with E-state index in [-0.39, 0.29) is 0 Å². The summed E-state index contributed by atoms with van der Waals surface area (Å²) in [5, 5.41) is 4.98. The second-order valence-electron chi connectivity index (χ2n) is 4.60. The van der Waals surface area contributed by atoms with Crippen LogP contribution in [0.3, 0.4) is 0 Å². The molecule has 82 valence electrons. The molecule has 4 rings (SSSR count). The molecular formula is C16H10BN. The van der Waals surface area contributed by atoms with Crippen LogP contribution in [0, 0.1) is 0 Å². The maximum absolute atomic E-state index is 6.03. The number of benzene rings is 3. The Hall–Kier alpha value is -2.22. The summed E-state index contributed by atoms with van der Waals surface area (Å²) in [4.78, 5) is 3.41. The van der Waals surface area contributed by atoms with Crippen molar-refractivity contribution in [3.8, 4) is 0 Å². The van der Waals surface area contributed by atoms with Crippen LogP contribution in [0.15, 0.2) is 54.6 Å². The van der Waals surface area contributed by atoms with Gasteiger partial charge in [-0.1, -0.05) is 54.0 Å². The van der Waals surface area contributed by atoms with Gasteiger partial charge in [0.2, 0.25) is 0 Å². The maximum atomic E-state index is 6.03. The molecule has 0 aliphatic rings. The van der Waals surface area contributed by atoms with Crippen LogP contribution in [-0.2, 0) is 0 Å². The monoisotopic (exact) mass is 227 g/mol. The van der Waals surface area contributed by atoms with Gasteiger partial charge in [0.05, 0.1) is 0 Å². The Kier molecular flexibility index (Phi) is 1.84. The van der Waals surface area contributed by atoms with Crippen LogP contribution in [-0.4, -0.2) is 12.8 Å². The molecule has 3 aromatic carbocycles. The van der Waals surface area contributed by atoms with Gasteiger partial charge in [-0.15, -0.1) is 0 Å². The number of hydrogen-bond donors (Lipinski definition) is 1. The van der Waals surface area contributed by atoms with Crippen LogP contribution in [0.4, 0.5) is 0 Å². The van der Waals surface area contributed by atoms with Gasteiger partial charge in [0.1, 0.15) is 7.85 Å². The van der Waals surface area contributed by atoms with Crippen LogP contribution in [0.5, 0.6) is 0 Å². The topological polar surface area (TPSA) is 15.8 Å². The molecule has 18 heavy (non-hydrogen) atoms. The number of para-hydroxylation sites is 1. The summed E-state index contributed by atoms with van der Waals surface area (Å²) < 4.78 is 0. The Bertz CT molecular complexity index is 889. The largest absolute Gasteiger partial charge is 0.355 e. The van der Waals surface area contributed by atoms with E-state index in [0.29, 0.717) is 0 Å². The minimum absolute atomic E-state index is 0.799. The highest BCUT2D eigenvalue weighted by molar-refractivity contribution is 6.40. The van der Waals surface area contributed by atoms with E-state index in [1.54, 1.807) is 0 Å². The smallest absolute Gasteiger partial charge is 0.116 e. The van der Waals surface area contributed by atoms with Gasteiger partial charge in [-0.3, -0.25) is 0 Å². The van der Waals surface area contributed by atoms with E-state index in [1.807, 2.05) is 12.1 Å². The lowest BCUT2D eigenvalue weighted by molar-refractivity contribution is 1.57. The molecule has 0 saturated heterocycles. The predicted octanol–water partition coefficient (Wildman–Crippen LogP) is 3.27. The molecule has 0 spiro atoms. The van der Waals surface area contributed by atoms with Gasteiger partial charge in [0, 0.05) is 21.8 Å². The van der Waals surface area contributed by atoms with Crippen LogP contribution in [0.2, 0.25) is 0 Å². The average molecular weight is 227 g/mol. The fourth-order valence-corrected chi connectivity index (χ4v) is 2.72. The molecule has 2 radical (unpaired) electrons. The van der Waals surface area contributed by atoms with Crippen molar-refractivity contribution in [1.82, 2.24) is 4.98 Å². The lowest BCUT2D eigenvalue weighted by Crippen LogP contribution is -2.01. The molecule has 1 heterocycles. The molecule has 0 fully saturated rings. The predicted molar refractivity (Wildman–Crippen MR) is 78.7 cm³/mol. The Balaban J connectivity index is 2.37. The molecule has 0 bridgehead atoms. The first kappa shape index (κ1) is 9.78. The highest BCUT2D eigenvalue weighted by atomic mass is 14.7. The van der Waals surface area contributed by atoms with E-state index in [9.17, 15) is 0 Å². The van der Waals surface area contributed by atoms with Crippen LogP contribution in [0.1, 0.15) is 0 Å². The molecule has 1 N–H and O–H groups in total. The number of fused-ring (bicyclic) bond motifs is 5. The van der Waals surface area contributed by atoms with Gasteiger partial charge >= 0.3 is 0 Å². The standard InChI is InChI=1S/C16H10BN/c17-13-7-3-6-12-15-11-5-2-1-4-10(11)8-9-14(15)18-16(12)13/h1-9,18H. The molecule has 0 aliphatic carbocycles. The number of aromatic nitrogens is 1. The fraction of sp³-hybridized carbons (Fsp3) is 0.